The van der Waals surface area contributed by atoms with Crippen LogP contribution in [0, 0.1) is 20.8 Å². The third kappa shape index (κ3) is 2.76. The van der Waals surface area contributed by atoms with E-state index < -0.39 is 0 Å². The smallest absolute Gasteiger partial charge is 0.160 e. The van der Waals surface area contributed by atoms with Crippen molar-refractivity contribution in [3.05, 3.63) is 64.7 Å². The fourth-order valence-corrected chi connectivity index (χ4v) is 4.25. The number of benzene rings is 1. The summed E-state index contributed by atoms with van der Waals surface area (Å²) in [5, 5.41) is 1.28. The predicted molar refractivity (Wildman–Crippen MR) is 111 cm³/mol. The number of hydrogen-bond donors (Lipinski definition) is 1. The van der Waals surface area contributed by atoms with Gasteiger partial charge < -0.3 is 9.55 Å². The van der Waals surface area contributed by atoms with Crippen LogP contribution in [0.4, 0.5) is 0 Å². The molecule has 4 aromatic rings. The first kappa shape index (κ1) is 16.3. The second-order valence-electron chi connectivity index (χ2n) is 7.72. The molecule has 0 bridgehead atoms. The summed E-state index contributed by atoms with van der Waals surface area (Å²) in [4.78, 5) is 13.1. The number of nitrogens with zero attached hydrogens (tertiary/aromatic N) is 3. The Morgan fingerprint density at radius 3 is 2.78 bits per heavy atom. The summed E-state index contributed by atoms with van der Waals surface area (Å²) in [5.41, 5.74) is 9.44. The highest BCUT2D eigenvalue weighted by atomic mass is 15.1. The van der Waals surface area contributed by atoms with Gasteiger partial charge in [-0.25, -0.2) is 9.97 Å². The maximum absolute atomic E-state index is 4.76. The van der Waals surface area contributed by atoms with Crippen molar-refractivity contribution in [3.63, 3.8) is 0 Å². The zero-order valence-electron chi connectivity index (χ0n) is 16.1. The molecule has 0 unspecified atom stereocenters. The van der Waals surface area contributed by atoms with E-state index in [4.69, 9.17) is 9.97 Å². The Morgan fingerprint density at radius 1 is 1.07 bits per heavy atom. The highest BCUT2D eigenvalue weighted by Crippen LogP contribution is 2.30. The van der Waals surface area contributed by atoms with Crippen molar-refractivity contribution < 1.29 is 0 Å². The quantitative estimate of drug-likeness (QED) is 0.530. The van der Waals surface area contributed by atoms with Crippen LogP contribution in [-0.2, 0) is 6.54 Å². The van der Waals surface area contributed by atoms with Crippen LogP contribution < -0.4 is 0 Å². The van der Waals surface area contributed by atoms with Gasteiger partial charge >= 0.3 is 0 Å². The first-order valence-corrected chi connectivity index (χ1v) is 9.70. The molecule has 1 aromatic carbocycles. The summed E-state index contributed by atoms with van der Waals surface area (Å²) in [6.45, 7) is 7.01. The number of aromatic nitrogens is 4. The lowest BCUT2D eigenvalue weighted by Gasteiger charge is -2.07. The molecular weight excluding hydrogens is 332 g/mol. The van der Waals surface area contributed by atoms with Crippen molar-refractivity contribution in [1.29, 1.82) is 0 Å². The van der Waals surface area contributed by atoms with Gasteiger partial charge in [-0.1, -0.05) is 12.1 Å². The molecule has 0 saturated heterocycles. The molecule has 27 heavy (non-hydrogen) atoms. The van der Waals surface area contributed by atoms with Gasteiger partial charge in [0.15, 0.2) is 5.65 Å². The van der Waals surface area contributed by atoms with E-state index in [0.29, 0.717) is 0 Å². The minimum atomic E-state index is 0.789. The first-order valence-electron chi connectivity index (χ1n) is 9.70. The maximum atomic E-state index is 4.76. The number of aryl methyl sites for hydroxylation is 3. The highest BCUT2D eigenvalue weighted by molar-refractivity contribution is 5.85. The van der Waals surface area contributed by atoms with Gasteiger partial charge in [-0.05, 0) is 81.0 Å². The molecule has 0 aliphatic heterocycles. The van der Waals surface area contributed by atoms with Crippen molar-refractivity contribution in [2.24, 2.45) is 0 Å². The number of rotatable bonds is 3. The zero-order chi connectivity index (χ0) is 18.5. The van der Waals surface area contributed by atoms with E-state index in [1.165, 1.54) is 52.6 Å². The lowest BCUT2D eigenvalue weighted by atomic mass is 10.1. The lowest BCUT2D eigenvalue weighted by molar-refractivity contribution is 0.777. The van der Waals surface area contributed by atoms with E-state index >= 15 is 0 Å². The molecule has 136 valence electrons. The number of hydrogen-bond acceptors (Lipinski definition) is 2. The monoisotopic (exact) mass is 356 g/mol. The number of nitrogens with one attached hydrogen (secondary N) is 1. The van der Waals surface area contributed by atoms with Crippen molar-refractivity contribution in [1.82, 2.24) is 19.5 Å². The van der Waals surface area contributed by atoms with Crippen molar-refractivity contribution in [2.75, 3.05) is 0 Å². The number of H-pyrrole nitrogens is 1. The number of pyridine rings is 1. The largest absolute Gasteiger partial charge is 0.355 e. The summed E-state index contributed by atoms with van der Waals surface area (Å²) in [5.74, 6) is 1.01. The fraction of sp³-hybridized carbons (Fsp3) is 0.304. The molecule has 1 N–H and O–H groups in total. The third-order valence-electron chi connectivity index (χ3n) is 5.63. The molecule has 0 saturated carbocycles. The topological polar surface area (TPSA) is 46.5 Å². The van der Waals surface area contributed by atoms with Crippen LogP contribution in [0.15, 0.2) is 36.4 Å². The van der Waals surface area contributed by atoms with Crippen LogP contribution in [0.1, 0.15) is 47.6 Å². The Hall–Kier alpha value is -2.88. The molecule has 0 amide bonds. The average Bonchev–Trinajstić information content (AvgIpc) is 3.35. The van der Waals surface area contributed by atoms with Crippen molar-refractivity contribution in [2.45, 2.75) is 46.6 Å². The number of fused-ring (bicyclic) bond motifs is 2. The molecule has 3 heterocycles. The fourth-order valence-electron chi connectivity index (χ4n) is 4.25. The standard InChI is InChI=1S/C23H24N4/c1-14-10-15(2)24-23-22(14)25-16(3)27(23)13-17-8-9-20-19(11-17)12-21(26-20)18-6-4-5-7-18/h6,8-12,26H,4-5,7,13H2,1-3H3. The molecule has 4 nitrogen and oxygen atoms in total. The predicted octanol–water partition coefficient (Wildman–Crippen LogP) is 5.45. The molecular formula is C23H24N4. The molecule has 0 radical (unpaired) electrons. The molecule has 0 spiro atoms. The van der Waals surface area contributed by atoms with E-state index in [1.54, 1.807) is 0 Å². The van der Waals surface area contributed by atoms with Gasteiger partial charge in [0.1, 0.15) is 11.3 Å². The number of imidazole rings is 1. The second-order valence-corrected chi connectivity index (χ2v) is 7.72. The van der Waals surface area contributed by atoms with Gasteiger partial charge in [0.05, 0.1) is 6.54 Å². The van der Waals surface area contributed by atoms with E-state index in [-0.39, 0.29) is 0 Å². The van der Waals surface area contributed by atoms with E-state index in [1.807, 2.05) is 6.92 Å². The van der Waals surface area contributed by atoms with Crippen LogP contribution >= 0.6 is 0 Å². The molecule has 1 aliphatic carbocycles. The first-order chi connectivity index (χ1) is 13.1. The van der Waals surface area contributed by atoms with Crippen LogP contribution in [0.25, 0.3) is 27.6 Å². The minimum absolute atomic E-state index is 0.789. The molecule has 5 rings (SSSR count). The number of aromatic amines is 1. The Labute approximate surface area is 159 Å². The highest BCUT2D eigenvalue weighted by Gasteiger charge is 2.13. The number of allylic oxidation sites excluding steroid dienone is 2. The van der Waals surface area contributed by atoms with Crippen LogP contribution in [0.3, 0.4) is 0 Å². The van der Waals surface area contributed by atoms with E-state index in [2.05, 4.69) is 59.8 Å². The van der Waals surface area contributed by atoms with Gasteiger partial charge in [-0.3, -0.25) is 0 Å². The zero-order valence-corrected chi connectivity index (χ0v) is 16.1. The Kier molecular flexibility index (Phi) is 3.67. The van der Waals surface area contributed by atoms with Crippen molar-refractivity contribution in [3.8, 4) is 0 Å². The van der Waals surface area contributed by atoms with Crippen LogP contribution in [-0.4, -0.2) is 19.5 Å². The maximum Gasteiger partial charge on any atom is 0.160 e. The minimum Gasteiger partial charge on any atom is -0.355 e. The SMILES string of the molecule is Cc1cc(C)c2nc(C)n(Cc3ccc4[nH]c(C5=CCCC5)cc4c3)c2n1. The van der Waals surface area contributed by atoms with E-state index in [0.717, 1.165) is 29.2 Å². The van der Waals surface area contributed by atoms with Gasteiger partial charge in [-0.2, -0.15) is 0 Å². The molecule has 0 atom stereocenters. The summed E-state index contributed by atoms with van der Waals surface area (Å²) in [6, 6.07) is 11.1. The van der Waals surface area contributed by atoms with Crippen LogP contribution in [0.2, 0.25) is 0 Å². The molecule has 3 aromatic heterocycles. The van der Waals surface area contributed by atoms with Gasteiger partial charge in [0.2, 0.25) is 0 Å². The lowest BCUT2D eigenvalue weighted by Crippen LogP contribution is -2.03. The van der Waals surface area contributed by atoms with Crippen LogP contribution in [0.5, 0.6) is 0 Å². The molecule has 4 heteroatoms. The Bertz CT molecular complexity index is 1210. The summed E-state index contributed by atoms with van der Waals surface area (Å²) in [6.07, 6.45) is 6.02. The Balaban J connectivity index is 1.55. The molecule has 1 aliphatic rings. The normalized spacial score (nSPS) is 14.4. The van der Waals surface area contributed by atoms with Crippen molar-refractivity contribution >= 4 is 27.6 Å². The second kappa shape index (κ2) is 6.08. The average molecular weight is 356 g/mol. The summed E-state index contributed by atoms with van der Waals surface area (Å²) < 4.78 is 2.23. The van der Waals surface area contributed by atoms with Gasteiger partial charge in [0.25, 0.3) is 0 Å². The van der Waals surface area contributed by atoms with Gasteiger partial charge in [0, 0.05) is 22.3 Å². The summed E-state index contributed by atoms with van der Waals surface area (Å²) >= 11 is 0. The van der Waals surface area contributed by atoms with E-state index in [9.17, 15) is 0 Å². The Morgan fingerprint density at radius 2 is 1.96 bits per heavy atom. The molecule has 0 fully saturated rings. The third-order valence-corrected chi connectivity index (χ3v) is 5.63. The van der Waals surface area contributed by atoms with Gasteiger partial charge in [-0.15, -0.1) is 0 Å². The summed E-state index contributed by atoms with van der Waals surface area (Å²) in [7, 11) is 0.